The van der Waals surface area contributed by atoms with Crippen LogP contribution >= 0.6 is 22.7 Å². The topological polar surface area (TPSA) is 12.0 Å². The van der Waals surface area contributed by atoms with Gasteiger partial charge in [0.1, 0.15) is 0 Å². The standard InChI is InChI=1S/C14H19NS2/c1-3-7-15-13(9-12-6-8-16-10-12)14-5-4-11(2)17-14/h4-6,8,10,13,15H,3,7,9H2,1-2H3. The van der Waals surface area contributed by atoms with Crippen LogP contribution < -0.4 is 5.32 Å². The van der Waals surface area contributed by atoms with Crippen molar-refractivity contribution in [2.75, 3.05) is 6.54 Å². The van der Waals surface area contributed by atoms with Gasteiger partial charge in [-0.2, -0.15) is 11.3 Å². The Hall–Kier alpha value is -0.640. The van der Waals surface area contributed by atoms with Gasteiger partial charge in [-0.25, -0.2) is 0 Å². The second-order valence-corrected chi connectivity index (χ2v) is 6.39. The van der Waals surface area contributed by atoms with Crippen molar-refractivity contribution >= 4 is 22.7 Å². The summed E-state index contributed by atoms with van der Waals surface area (Å²) in [7, 11) is 0. The molecule has 2 aromatic rings. The minimum Gasteiger partial charge on any atom is -0.309 e. The van der Waals surface area contributed by atoms with Crippen LogP contribution in [0.25, 0.3) is 0 Å². The number of rotatable bonds is 6. The molecule has 0 aliphatic heterocycles. The van der Waals surface area contributed by atoms with Crippen LogP contribution in [0.15, 0.2) is 29.0 Å². The van der Waals surface area contributed by atoms with Crippen LogP contribution in [0.2, 0.25) is 0 Å². The first-order valence-corrected chi connectivity index (χ1v) is 7.86. The minimum atomic E-state index is 0.475. The van der Waals surface area contributed by atoms with Crippen LogP contribution in [-0.2, 0) is 6.42 Å². The summed E-state index contributed by atoms with van der Waals surface area (Å²) >= 11 is 3.69. The van der Waals surface area contributed by atoms with Gasteiger partial charge >= 0.3 is 0 Å². The van der Waals surface area contributed by atoms with E-state index in [-0.39, 0.29) is 0 Å². The summed E-state index contributed by atoms with van der Waals surface area (Å²) in [6.07, 6.45) is 2.29. The third-order valence-electron chi connectivity index (χ3n) is 2.77. The second kappa shape index (κ2) is 6.34. The molecule has 0 bridgehead atoms. The van der Waals surface area contributed by atoms with Gasteiger partial charge in [0.2, 0.25) is 0 Å². The molecular formula is C14H19NS2. The van der Waals surface area contributed by atoms with E-state index in [1.807, 2.05) is 11.3 Å². The summed E-state index contributed by atoms with van der Waals surface area (Å²) < 4.78 is 0. The van der Waals surface area contributed by atoms with Gasteiger partial charge < -0.3 is 5.32 Å². The Bertz CT molecular complexity index is 431. The lowest BCUT2D eigenvalue weighted by atomic mass is 10.1. The number of hydrogen-bond donors (Lipinski definition) is 1. The molecule has 0 saturated heterocycles. The van der Waals surface area contributed by atoms with Gasteiger partial charge in [-0.1, -0.05) is 6.92 Å². The van der Waals surface area contributed by atoms with E-state index in [0.717, 1.165) is 13.0 Å². The van der Waals surface area contributed by atoms with Crippen LogP contribution in [0.3, 0.4) is 0 Å². The van der Waals surface area contributed by atoms with Gasteiger partial charge in [0.25, 0.3) is 0 Å². The Morgan fingerprint density at radius 3 is 2.76 bits per heavy atom. The molecule has 0 aliphatic rings. The highest BCUT2D eigenvalue weighted by molar-refractivity contribution is 7.12. The van der Waals surface area contributed by atoms with Crippen molar-refractivity contribution < 1.29 is 0 Å². The van der Waals surface area contributed by atoms with Crippen molar-refractivity contribution in [3.8, 4) is 0 Å². The molecule has 1 atom stereocenters. The molecule has 0 spiro atoms. The van der Waals surface area contributed by atoms with Crippen LogP contribution in [0.5, 0.6) is 0 Å². The van der Waals surface area contributed by atoms with Gasteiger partial charge in [-0.3, -0.25) is 0 Å². The lowest BCUT2D eigenvalue weighted by molar-refractivity contribution is 0.537. The SMILES string of the molecule is CCCNC(Cc1ccsc1)c1ccc(C)s1. The maximum Gasteiger partial charge on any atom is 0.0456 e. The molecule has 1 N–H and O–H groups in total. The molecule has 0 radical (unpaired) electrons. The van der Waals surface area contributed by atoms with Gasteiger partial charge in [0.05, 0.1) is 0 Å². The van der Waals surface area contributed by atoms with E-state index in [2.05, 4.69) is 48.1 Å². The van der Waals surface area contributed by atoms with Gasteiger partial charge in [0.15, 0.2) is 0 Å². The number of aryl methyl sites for hydroxylation is 1. The van der Waals surface area contributed by atoms with E-state index in [1.165, 1.54) is 21.7 Å². The zero-order valence-electron chi connectivity index (χ0n) is 10.4. The molecule has 2 aromatic heterocycles. The first-order valence-electron chi connectivity index (χ1n) is 6.10. The van der Waals surface area contributed by atoms with E-state index in [4.69, 9.17) is 0 Å². The highest BCUT2D eigenvalue weighted by atomic mass is 32.1. The van der Waals surface area contributed by atoms with Crippen molar-refractivity contribution in [2.45, 2.75) is 32.7 Å². The summed E-state index contributed by atoms with van der Waals surface area (Å²) in [5.74, 6) is 0. The molecule has 1 nitrogen and oxygen atoms in total. The zero-order valence-corrected chi connectivity index (χ0v) is 12.0. The molecule has 0 aliphatic carbocycles. The normalized spacial score (nSPS) is 12.8. The first-order chi connectivity index (χ1) is 8.29. The molecule has 1 unspecified atom stereocenters. The smallest absolute Gasteiger partial charge is 0.0456 e. The highest BCUT2D eigenvalue weighted by Gasteiger charge is 2.13. The van der Waals surface area contributed by atoms with Crippen molar-refractivity contribution in [1.82, 2.24) is 5.32 Å². The van der Waals surface area contributed by atoms with E-state index in [0.29, 0.717) is 6.04 Å². The zero-order chi connectivity index (χ0) is 12.1. The van der Waals surface area contributed by atoms with Crippen molar-refractivity contribution in [3.05, 3.63) is 44.3 Å². The van der Waals surface area contributed by atoms with Gasteiger partial charge in [-0.15, -0.1) is 11.3 Å². The maximum absolute atomic E-state index is 3.65. The number of hydrogen-bond acceptors (Lipinski definition) is 3. The summed E-state index contributed by atoms with van der Waals surface area (Å²) in [5.41, 5.74) is 1.44. The molecule has 2 heterocycles. The molecule has 3 heteroatoms. The fourth-order valence-corrected chi connectivity index (χ4v) is 3.51. The molecule has 92 valence electrons. The summed E-state index contributed by atoms with van der Waals surface area (Å²) in [4.78, 5) is 2.86. The average Bonchev–Trinajstić information content (AvgIpc) is 2.95. The predicted octanol–water partition coefficient (Wildman–Crippen LogP) is 4.40. The fourth-order valence-electron chi connectivity index (χ4n) is 1.88. The molecule has 17 heavy (non-hydrogen) atoms. The van der Waals surface area contributed by atoms with Crippen molar-refractivity contribution in [2.24, 2.45) is 0 Å². The van der Waals surface area contributed by atoms with Crippen LogP contribution in [0, 0.1) is 6.92 Å². The Morgan fingerprint density at radius 2 is 2.18 bits per heavy atom. The third-order valence-corrected chi connectivity index (χ3v) is 4.61. The molecule has 0 fully saturated rings. The number of thiophene rings is 2. The molecular weight excluding hydrogens is 246 g/mol. The quantitative estimate of drug-likeness (QED) is 0.816. The van der Waals surface area contributed by atoms with Crippen molar-refractivity contribution in [3.63, 3.8) is 0 Å². The Labute approximate surface area is 112 Å². The molecule has 2 rings (SSSR count). The lowest BCUT2D eigenvalue weighted by Gasteiger charge is -2.16. The molecule has 0 amide bonds. The van der Waals surface area contributed by atoms with Gasteiger partial charge in [-0.05, 0) is 60.8 Å². The maximum atomic E-state index is 3.65. The van der Waals surface area contributed by atoms with Crippen molar-refractivity contribution in [1.29, 1.82) is 0 Å². The first kappa shape index (κ1) is 12.8. The van der Waals surface area contributed by atoms with Crippen LogP contribution in [-0.4, -0.2) is 6.54 Å². The summed E-state index contributed by atoms with van der Waals surface area (Å²) in [6.45, 7) is 5.48. The second-order valence-electron chi connectivity index (χ2n) is 4.29. The summed E-state index contributed by atoms with van der Waals surface area (Å²) in [6, 6.07) is 7.18. The van der Waals surface area contributed by atoms with E-state index in [9.17, 15) is 0 Å². The van der Waals surface area contributed by atoms with Crippen LogP contribution in [0.1, 0.15) is 34.7 Å². The Kier molecular flexibility index (Phi) is 4.77. The van der Waals surface area contributed by atoms with Gasteiger partial charge in [0, 0.05) is 15.8 Å². The third kappa shape index (κ3) is 3.66. The van der Waals surface area contributed by atoms with Crippen LogP contribution in [0.4, 0.5) is 0 Å². The highest BCUT2D eigenvalue weighted by Crippen LogP contribution is 2.26. The minimum absolute atomic E-state index is 0.475. The molecule has 0 aromatic carbocycles. The lowest BCUT2D eigenvalue weighted by Crippen LogP contribution is -2.23. The van der Waals surface area contributed by atoms with E-state index in [1.54, 1.807) is 11.3 Å². The summed E-state index contributed by atoms with van der Waals surface area (Å²) in [5, 5.41) is 8.06. The monoisotopic (exact) mass is 265 g/mol. The Balaban J connectivity index is 2.07. The Morgan fingerprint density at radius 1 is 1.29 bits per heavy atom. The largest absolute Gasteiger partial charge is 0.309 e. The average molecular weight is 265 g/mol. The number of nitrogens with one attached hydrogen (secondary N) is 1. The van der Waals surface area contributed by atoms with E-state index >= 15 is 0 Å². The fraction of sp³-hybridized carbons (Fsp3) is 0.429. The predicted molar refractivity (Wildman–Crippen MR) is 78.1 cm³/mol. The molecule has 0 saturated carbocycles. The van der Waals surface area contributed by atoms with E-state index < -0.39 is 0 Å².